The van der Waals surface area contributed by atoms with Gasteiger partial charge in [-0.3, -0.25) is 4.98 Å². The van der Waals surface area contributed by atoms with Gasteiger partial charge in [0, 0.05) is 11.6 Å². The molecule has 0 bridgehead atoms. The summed E-state index contributed by atoms with van der Waals surface area (Å²) < 4.78 is 13.4. The standard InChI is InChI=1S/C16H9ClFN3/c17-13-6-5-11(18)7-15(13)21-16-10(8-19)9-20-14-4-2-1-3-12(14)16/h1-7,9H,(H,20,21). The molecular weight excluding hydrogens is 289 g/mol. The average Bonchev–Trinajstić information content (AvgIpc) is 2.51. The molecule has 1 N–H and O–H groups in total. The molecule has 0 aliphatic carbocycles. The highest BCUT2D eigenvalue weighted by molar-refractivity contribution is 6.33. The molecule has 3 nitrogen and oxygen atoms in total. The maximum Gasteiger partial charge on any atom is 0.125 e. The van der Waals surface area contributed by atoms with E-state index >= 15 is 0 Å². The summed E-state index contributed by atoms with van der Waals surface area (Å²) in [7, 11) is 0. The van der Waals surface area contributed by atoms with Crippen LogP contribution >= 0.6 is 11.6 Å². The summed E-state index contributed by atoms with van der Waals surface area (Å²) >= 11 is 6.07. The van der Waals surface area contributed by atoms with Crippen LogP contribution in [0.5, 0.6) is 0 Å². The minimum atomic E-state index is -0.404. The van der Waals surface area contributed by atoms with Crippen LogP contribution in [0.3, 0.4) is 0 Å². The van der Waals surface area contributed by atoms with Crippen LogP contribution in [0.2, 0.25) is 5.02 Å². The molecule has 0 fully saturated rings. The highest BCUT2D eigenvalue weighted by atomic mass is 35.5. The van der Waals surface area contributed by atoms with Crippen molar-refractivity contribution in [2.75, 3.05) is 5.32 Å². The molecular formula is C16H9ClFN3. The number of para-hydroxylation sites is 1. The number of benzene rings is 2. The van der Waals surface area contributed by atoms with Crippen LogP contribution in [-0.4, -0.2) is 4.98 Å². The lowest BCUT2D eigenvalue weighted by atomic mass is 10.1. The topological polar surface area (TPSA) is 48.7 Å². The number of nitriles is 1. The first-order valence-electron chi connectivity index (χ1n) is 6.19. The number of nitrogens with one attached hydrogen (secondary N) is 1. The summed E-state index contributed by atoms with van der Waals surface area (Å²) in [5, 5.41) is 13.4. The van der Waals surface area contributed by atoms with Gasteiger partial charge in [0.15, 0.2) is 0 Å². The Morgan fingerprint density at radius 3 is 2.81 bits per heavy atom. The van der Waals surface area contributed by atoms with Crippen LogP contribution < -0.4 is 5.32 Å². The van der Waals surface area contributed by atoms with Crippen molar-refractivity contribution in [3.05, 3.63) is 65.1 Å². The Morgan fingerprint density at radius 1 is 1.19 bits per heavy atom. The predicted molar refractivity (Wildman–Crippen MR) is 81.2 cm³/mol. The fourth-order valence-electron chi connectivity index (χ4n) is 2.09. The van der Waals surface area contributed by atoms with Crippen LogP contribution in [0.15, 0.2) is 48.7 Å². The molecule has 0 unspecified atom stereocenters. The van der Waals surface area contributed by atoms with Gasteiger partial charge in [-0.15, -0.1) is 0 Å². The van der Waals surface area contributed by atoms with E-state index in [-0.39, 0.29) is 0 Å². The van der Waals surface area contributed by atoms with E-state index in [0.717, 1.165) is 10.9 Å². The van der Waals surface area contributed by atoms with Crippen LogP contribution in [0.25, 0.3) is 10.9 Å². The fraction of sp³-hybridized carbons (Fsp3) is 0. The molecule has 3 aromatic rings. The van der Waals surface area contributed by atoms with Gasteiger partial charge in [0.2, 0.25) is 0 Å². The zero-order chi connectivity index (χ0) is 14.8. The molecule has 0 spiro atoms. The second kappa shape index (κ2) is 5.39. The van der Waals surface area contributed by atoms with Crippen LogP contribution in [0, 0.1) is 17.1 Å². The van der Waals surface area contributed by atoms with Crippen molar-refractivity contribution in [2.45, 2.75) is 0 Å². The SMILES string of the molecule is N#Cc1cnc2ccccc2c1Nc1cc(F)ccc1Cl. The summed E-state index contributed by atoms with van der Waals surface area (Å²) in [5.74, 6) is -0.404. The Labute approximate surface area is 125 Å². The zero-order valence-corrected chi connectivity index (χ0v) is 11.5. The van der Waals surface area contributed by atoms with Crippen molar-refractivity contribution in [2.24, 2.45) is 0 Å². The van der Waals surface area contributed by atoms with Gasteiger partial charge in [0.05, 0.1) is 27.5 Å². The third kappa shape index (κ3) is 2.51. The first-order valence-corrected chi connectivity index (χ1v) is 6.57. The first kappa shape index (κ1) is 13.3. The number of halogens is 2. The molecule has 0 atom stereocenters. The van der Waals surface area contributed by atoms with Crippen molar-refractivity contribution >= 4 is 33.9 Å². The third-order valence-electron chi connectivity index (χ3n) is 3.08. The number of nitrogens with zero attached hydrogens (tertiary/aromatic N) is 2. The molecule has 0 radical (unpaired) electrons. The minimum absolute atomic E-state index is 0.369. The van der Waals surface area contributed by atoms with Crippen molar-refractivity contribution in [3.8, 4) is 6.07 Å². The summed E-state index contributed by atoms with van der Waals surface area (Å²) in [6.07, 6.45) is 1.48. The quantitative estimate of drug-likeness (QED) is 0.749. The second-order valence-electron chi connectivity index (χ2n) is 4.42. The molecule has 1 aromatic heterocycles. The monoisotopic (exact) mass is 297 g/mol. The number of pyridine rings is 1. The number of hydrogen-bond donors (Lipinski definition) is 1. The number of rotatable bonds is 2. The molecule has 1 heterocycles. The average molecular weight is 298 g/mol. The lowest BCUT2D eigenvalue weighted by Gasteiger charge is -2.12. The number of anilines is 2. The number of hydrogen-bond acceptors (Lipinski definition) is 3. The third-order valence-corrected chi connectivity index (χ3v) is 3.41. The van der Waals surface area contributed by atoms with Gasteiger partial charge in [-0.1, -0.05) is 29.8 Å². The molecule has 0 aliphatic rings. The Hall–Kier alpha value is -2.64. The van der Waals surface area contributed by atoms with Crippen molar-refractivity contribution < 1.29 is 4.39 Å². The van der Waals surface area contributed by atoms with E-state index in [9.17, 15) is 9.65 Å². The van der Waals surface area contributed by atoms with Gasteiger partial charge in [0.1, 0.15) is 11.9 Å². The lowest BCUT2D eigenvalue weighted by molar-refractivity contribution is 0.628. The molecule has 5 heteroatoms. The largest absolute Gasteiger partial charge is 0.353 e. The molecule has 0 amide bonds. The van der Waals surface area contributed by atoms with Gasteiger partial charge in [0.25, 0.3) is 0 Å². The molecule has 2 aromatic carbocycles. The Bertz CT molecular complexity index is 871. The summed E-state index contributed by atoms with van der Waals surface area (Å²) in [4.78, 5) is 4.22. The molecule has 21 heavy (non-hydrogen) atoms. The van der Waals surface area contributed by atoms with Crippen molar-refractivity contribution in [3.63, 3.8) is 0 Å². The van der Waals surface area contributed by atoms with Crippen molar-refractivity contribution in [1.82, 2.24) is 4.98 Å². The van der Waals surface area contributed by atoms with Crippen LogP contribution in [-0.2, 0) is 0 Å². The molecule has 0 saturated heterocycles. The van der Waals surface area contributed by atoms with Gasteiger partial charge in [-0.2, -0.15) is 5.26 Å². The number of fused-ring (bicyclic) bond motifs is 1. The number of aromatic nitrogens is 1. The van der Waals surface area contributed by atoms with Gasteiger partial charge < -0.3 is 5.32 Å². The van der Waals surface area contributed by atoms with Gasteiger partial charge in [-0.25, -0.2) is 4.39 Å². The minimum Gasteiger partial charge on any atom is -0.353 e. The van der Waals surface area contributed by atoms with E-state index < -0.39 is 5.82 Å². The molecule has 0 saturated carbocycles. The van der Waals surface area contributed by atoms with E-state index in [1.807, 2.05) is 24.3 Å². The zero-order valence-electron chi connectivity index (χ0n) is 10.8. The van der Waals surface area contributed by atoms with Crippen molar-refractivity contribution in [1.29, 1.82) is 5.26 Å². The highest BCUT2D eigenvalue weighted by Crippen LogP contribution is 2.32. The lowest BCUT2D eigenvalue weighted by Crippen LogP contribution is -1.97. The Balaban J connectivity index is 2.19. The highest BCUT2D eigenvalue weighted by Gasteiger charge is 2.11. The predicted octanol–water partition coefficient (Wildman–Crippen LogP) is 4.64. The molecule has 102 valence electrons. The van der Waals surface area contributed by atoms with E-state index in [4.69, 9.17) is 11.6 Å². The van der Waals surface area contributed by atoms with E-state index in [0.29, 0.717) is 22.0 Å². The Morgan fingerprint density at radius 2 is 2.00 bits per heavy atom. The summed E-state index contributed by atoms with van der Waals surface area (Å²) in [5.41, 5.74) is 2.08. The normalized spacial score (nSPS) is 10.3. The first-order chi connectivity index (χ1) is 10.2. The molecule has 0 aliphatic heterocycles. The fourth-order valence-corrected chi connectivity index (χ4v) is 2.25. The van der Waals surface area contributed by atoms with E-state index in [2.05, 4.69) is 16.4 Å². The Kier molecular flexibility index (Phi) is 3.43. The van der Waals surface area contributed by atoms with Gasteiger partial charge >= 0.3 is 0 Å². The van der Waals surface area contributed by atoms with Crippen LogP contribution in [0.1, 0.15) is 5.56 Å². The second-order valence-corrected chi connectivity index (χ2v) is 4.83. The summed E-state index contributed by atoms with van der Waals surface area (Å²) in [6, 6.07) is 13.5. The smallest absolute Gasteiger partial charge is 0.125 e. The van der Waals surface area contributed by atoms with E-state index in [1.54, 1.807) is 0 Å². The van der Waals surface area contributed by atoms with E-state index in [1.165, 1.54) is 24.4 Å². The maximum absolute atomic E-state index is 13.4. The maximum atomic E-state index is 13.4. The summed E-state index contributed by atoms with van der Waals surface area (Å²) in [6.45, 7) is 0. The molecule has 3 rings (SSSR count). The van der Waals surface area contributed by atoms with Crippen LogP contribution in [0.4, 0.5) is 15.8 Å². The van der Waals surface area contributed by atoms with Gasteiger partial charge in [-0.05, 0) is 24.3 Å².